The number of rotatable bonds is 5. The van der Waals surface area contributed by atoms with Crippen LogP contribution in [0.1, 0.15) is 74.6 Å². The standard InChI is InChI=1S/C23H30FN/c1-16(2)18-7-11-20(12-8-18)23(24,22-6-5-15-25-22)21-13-9-19(10-14-21)17(3)4/h7-14,16-17,22,25H,5-6,15H2,1-4H3/t22-/m1/s1. The summed E-state index contributed by atoms with van der Waals surface area (Å²) in [4.78, 5) is 0. The summed E-state index contributed by atoms with van der Waals surface area (Å²) in [6, 6.07) is 16.0. The lowest BCUT2D eigenvalue weighted by molar-refractivity contribution is 0.163. The molecule has 134 valence electrons. The van der Waals surface area contributed by atoms with Gasteiger partial charge in [0.1, 0.15) is 0 Å². The van der Waals surface area contributed by atoms with Crippen LogP contribution in [0, 0.1) is 0 Å². The minimum absolute atomic E-state index is 0.165. The largest absolute Gasteiger partial charge is 0.310 e. The highest BCUT2D eigenvalue weighted by atomic mass is 19.1. The summed E-state index contributed by atoms with van der Waals surface area (Å²) in [5.41, 5.74) is 2.53. The lowest BCUT2D eigenvalue weighted by Crippen LogP contribution is -2.42. The van der Waals surface area contributed by atoms with E-state index >= 15 is 4.39 Å². The fourth-order valence-electron chi connectivity index (χ4n) is 3.81. The molecule has 1 atom stereocenters. The molecule has 0 aromatic heterocycles. The summed E-state index contributed by atoms with van der Waals surface area (Å²) < 4.78 is 16.6. The predicted octanol–water partition coefficient (Wildman–Crippen LogP) is 5.90. The van der Waals surface area contributed by atoms with Crippen molar-refractivity contribution in [2.24, 2.45) is 0 Å². The van der Waals surface area contributed by atoms with Crippen LogP contribution in [0.3, 0.4) is 0 Å². The third kappa shape index (κ3) is 3.50. The summed E-state index contributed by atoms with van der Waals surface area (Å²) in [5, 5.41) is 3.39. The van der Waals surface area contributed by atoms with Gasteiger partial charge in [0, 0.05) is 6.04 Å². The van der Waals surface area contributed by atoms with E-state index in [1.165, 1.54) is 11.1 Å². The molecule has 1 fully saturated rings. The minimum atomic E-state index is -1.48. The molecule has 0 spiro atoms. The molecule has 1 aliphatic rings. The Morgan fingerprint density at radius 3 is 1.60 bits per heavy atom. The molecular weight excluding hydrogens is 309 g/mol. The van der Waals surface area contributed by atoms with Gasteiger partial charge >= 0.3 is 0 Å². The molecule has 25 heavy (non-hydrogen) atoms. The topological polar surface area (TPSA) is 12.0 Å². The van der Waals surface area contributed by atoms with Crippen molar-refractivity contribution in [3.8, 4) is 0 Å². The molecule has 1 heterocycles. The zero-order valence-corrected chi connectivity index (χ0v) is 15.9. The normalized spacial score (nSPS) is 18.3. The molecule has 0 amide bonds. The quantitative estimate of drug-likeness (QED) is 0.715. The van der Waals surface area contributed by atoms with E-state index in [9.17, 15) is 0 Å². The molecule has 0 radical (unpaired) electrons. The predicted molar refractivity (Wildman–Crippen MR) is 104 cm³/mol. The van der Waals surface area contributed by atoms with Crippen LogP contribution in [0.15, 0.2) is 48.5 Å². The van der Waals surface area contributed by atoms with Gasteiger partial charge in [-0.1, -0.05) is 76.2 Å². The molecule has 0 unspecified atom stereocenters. The summed E-state index contributed by atoms with van der Waals surface area (Å²) in [7, 11) is 0. The highest BCUT2D eigenvalue weighted by Crippen LogP contribution is 2.41. The number of halogens is 1. The van der Waals surface area contributed by atoms with Gasteiger partial charge in [-0.2, -0.15) is 0 Å². The van der Waals surface area contributed by atoms with E-state index in [0.29, 0.717) is 11.8 Å². The number of benzene rings is 2. The van der Waals surface area contributed by atoms with Gasteiger partial charge in [0.25, 0.3) is 0 Å². The van der Waals surface area contributed by atoms with E-state index in [2.05, 4.69) is 57.3 Å². The van der Waals surface area contributed by atoms with Gasteiger partial charge < -0.3 is 5.32 Å². The van der Waals surface area contributed by atoms with E-state index in [-0.39, 0.29) is 6.04 Å². The van der Waals surface area contributed by atoms with Crippen LogP contribution in [-0.2, 0) is 5.67 Å². The number of hydrogen-bond acceptors (Lipinski definition) is 1. The highest BCUT2D eigenvalue weighted by molar-refractivity contribution is 5.41. The first-order chi connectivity index (χ1) is 11.9. The molecule has 3 rings (SSSR count). The van der Waals surface area contributed by atoms with Crippen molar-refractivity contribution in [1.82, 2.24) is 5.32 Å². The maximum atomic E-state index is 16.6. The molecule has 0 aliphatic carbocycles. The maximum absolute atomic E-state index is 16.6. The van der Waals surface area contributed by atoms with Crippen molar-refractivity contribution in [3.05, 3.63) is 70.8 Å². The number of nitrogens with one attached hydrogen (secondary N) is 1. The molecule has 2 aromatic carbocycles. The van der Waals surface area contributed by atoms with Crippen molar-refractivity contribution < 1.29 is 4.39 Å². The summed E-state index contributed by atoms with van der Waals surface area (Å²) in [6.07, 6.45) is 1.90. The fraction of sp³-hybridized carbons (Fsp3) is 0.478. The third-order valence-electron chi connectivity index (χ3n) is 5.54. The van der Waals surface area contributed by atoms with Gasteiger partial charge in [0.05, 0.1) is 0 Å². The van der Waals surface area contributed by atoms with E-state index < -0.39 is 5.67 Å². The van der Waals surface area contributed by atoms with Crippen molar-refractivity contribution in [2.45, 2.75) is 64.1 Å². The minimum Gasteiger partial charge on any atom is -0.310 e. The maximum Gasteiger partial charge on any atom is 0.176 e. The van der Waals surface area contributed by atoms with Gasteiger partial charge in [-0.15, -0.1) is 0 Å². The van der Waals surface area contributed by atoms with E-state index in [0.717, 1.165) is 30.5 Å². The Kier molecular flexibility index (Phi) is 5.29. The first kappa shape index (κ1) is 18.1. The zero-order valence-electron chi connectivity index (χ0n) is 15.9. The molecule has 1 nitrogen and oxygen atoms in total. The van der Waals surface area contributed by atoms with Crippen LogP contribution in [0.5, 0.6) is 0 Å². The monoisotopic (exact) mass is 339 g/mol. The SMILES string of the molecule is CC(C)c1ccc(C(F)(c2ccc(C(C)C)cc2)[C@H]2CCCN2)cc1. The van der Waals surface area contributed by atoms with Crippen molar-refractivity contribution in [2.75, 3.05) is 6.54 Å². The van der Waals surface area contributed by atoms with Gasteiger partial charge in [-0.3, -0.25) is 0 Å². The average Bonchev–Trinajstić information content (AvgIpc) is 3.16. The number of alkyl halides is 1. The van der Waals surface area contributed by atoms with Crippen molar-refractivity contribution in [1.29, 1.82) is 0 Å². The highest BCUT2D eigenvalue weighted by Gasteiger charge is 2.43. The van der Waals surface area contributed by atoms with Crippen molar-refractivity contribution in [3.63, 3.8) is 0 Å². The van der Waals surface area contributed by atoms with Crippen molar-refractivity contribution >= 4 is 0 Å². The summed E-state index contributed by atoms with van der Waals surface area (Å²) >= 11 is 0. The first-order valence-corrected chi connectivity index (χ1v) is 9.56. The Labute approximate surface area is 151 Å². The Morgan fingerprint density at radius 1 is 0.840 bits per heavy atom. The fourth-order valence-corrected chi connectivity index (χ4v) is 3.81. The Morgan fingerprint density at radius 2 is 1.28 bits per heavy atom. The van der Waals surface area contributed by atoms with Gasteiger partial charge in [-0.05, 0) is 53.5 Å². The smallest absolute Gasteiger partial charge is 0.176 e. The molecule has 1 aliphatic heterocycles. The first-order valence-electron chi connectivity index (χ1n) is 9.56. The Bertz CT molecular complexity index is 628. The molecule has 0 bridgehead atoms. The summed E-state index contributed by atoms with van der Waals surface area (Å²) in [6.45, 7) is 9.56. The lowest BCUT2D eigenvalue weighted by atomic mass is 9.80. The van der Waals surface area contributed by atoms with Crippen LogP contribution in [0.25, 0.3) is 0 Å². The Hall–Kier alpha value is -1.67. The van der Waals surface area contributed by atoms with E-state index in [1.807, 2.05) is 24.3 Å². The van der Waals surface area contributed by atoms with Crippen LogP contribution in [0.4, 0.5) is 4.39 Å². The van der Waals surface area contributed by atoms with Gasteiger partial charge in [0.15, 0.2) is 5.67 Å². The molecule has 2 heteroatoms. The summed E-state index contributed by atoms with van der Waals surface area (Å²) in [5.74, 6) is 0.913. The van der Waals surface area contributed by atoms with E-state index in [4.69, 9.17) is 0 Å². The molecule has 0 saturated carbocycles. The average molecular weight is 339 g/mol. The molecule has 2 aromatic rings. The van der Waals surface area contributed by atoms with Gasteiger partial charge in [0.2, 0.25) is 0 Å². The van der Waals surface area contributed by atoms with Crippen LogP contribution < -0.4 is 5.32 Å². The molecule has 1 saturated heterocycles. The van der Waals surface area contributed by atoms with Crippen LogP contribution >= 0.6 is 0 Å². The molecule has 1 N–H and O–H groups in total. The lowest BCUT2D eigenvalue weighted by Gasteiger charge is -2.33. The third-order valence-corrected chi connectivity index (χ3v) is 5.54. The molecular formula is C23H30FN. The van der Waals surface area contributed by atoms with Crippen LogP contribution in [0.2, 0.25) is 0 Å². The zero-order chi connectivity index (χ0) is 18.0. The van der Waals surface area contributed by atoms with Gasteiger partial charge in [-0.25, -0.2) is 4.39 Å². The second-order valence-electron chi connectivity index (χ2n) is 7.91. The van der Waals surface area contributed by atoms with Crippen LogP contribution in [-0.4, -0.2) is 12.6 Å². The van der Waals surface area contributed by atoms with E-state index in [1.54, 1.807) is 0 Å². The Balaban J connectivity index is 2.03. The second kappa shape index (κ2) is 7.29. The number of hydrogen-bond donors (Lipinski definition) is 1. The second-order valence-corrected chi connectivity index (χ2v) is 7.91.